The van der Waals surface area contributed by atoms with Crippen molar-refractivity contribution in [3.05, 3.63) is 63.6 Å². The van der Waals surface area contributed by atoms with Crippen LogP contribution in [0.25, 0.3) is 0 Å². The van der Waals surface area contributed by atoms with Crippen LogP contribution in [0.5, 0.6) is 5.75 Å². The number of ether oxygens (including phenoxy) is 1. The molecule has 1 N–H and O–H groups in total. The summed E-state index contributed by atoms with van der Waals surface area (Å²) in [5, 5.41) is 4.07. The Hall–Kier alpha value is -1.71. The van der Waals surface area contributed by atoms with Crippen LogP contribution in [0.15, 0.2) is 42.5 Å². The van der Waals surface area contributed by atoms with Crippen molar-refractivity contribution >= 4 is 29.1 Å². The highest BCUT2D eigenvalue weighted by Crippen LogP contribution is 2.25. The lowest BCUT2D eigenvalue weighted by molar-refractivity contribution is -0.121. The van der Waals surface area contributed by atoms with E-state index in [1.807, 2.05) is 24.3 Å². The van der Waals surface area contributed by atoms with E-state index in [2.05, 4.69) is 5.32 Å². The fraction of sp³-hybridized carbons (Fsp3) is 0.235. The van der Waals surface area contributed by atoms with E-state index in [-0.39, 0.29) is 5.91 Å². The fourth-order valence-electron chi connectivity index (χ4n) is 2.04. The first-order valence-corrected chi connectivity index (χ1v) is 7.68. The summed E-state index contributed by atoms with van der Waals surface area (Å²) in [4.78, 5) is 11.9. The quantitative estimate of drug-likeness (QED) is 0.855. The molecule has 0 bridgehead atoms. The average molecular weight is 338 g/mol. The predicted octanol–water partition coefficient (Wildman–Crippen LogP) is 4.25. The van der Waals surface area contributed by atoms with Gasteiger partial charge in [0.2, 0.25) is 5.91 Å². The summed E-state index contributed by atoms with van der Waals surface area (Å²) in [6.45, 7) is 0.485. The van der Waals surface area contributed by atoms with Gasteiger partial charge in [0.25, 0.3) is 0 Å². The molecular weight excluding hydrogens is 321 g/mol. The van der Waals surface area contributed by atoms with Gasteiger partial charge in [-0.2, -0.15) is 0 Å². The SMILES string of the molecule is COc1ccc(CNC(=O)CCc2c(Cl)cccc2Cl)cc1. The van der Waals surface area contributed by atoms with Crippen LogP contribution < -0.4 is 10.1 Å². The zero-order valence-electron chi connectivity index (χ0n) is 12.2. The van der Waals surface area contributed by atoms with E-state index in [1.165, 1.54) is 0 Å². The van der Waals surface area contributed by atoms with E-state index in [0.717, 1.165) is 16.9 Å². The first-order chi connectivity index (χ1) is 10.6. The zero-order valence-corrected chi connectivity index (χ0v) is 13.7. The molecule has 5 heteroatoms. The molecule has 0 fully saturated rings. The molecule has 0 spiro atoms. The van der Waals surface area contributed by atoms with Gasteiger partial charge in [-0.25, -0.2) is 0 Å². The number of benzene rings is 2. The molecular formula is C17H17Cl2NO2. The summed E-state index contributed by atoms with van der Waals surface area (Å²) in [5.74, 6) is 0.759. The highest BCUT2D eigenvalue weighted by atomic mass is 35.5. The van der Waals surface area contributed by atoms with Gasteiger partial charge in [0, 0.05) is 23.0 Å². The van der Waals surface area contributed by atoms with Crippen LogP contribution in [-0.4, -0.2) is 13.0 Å². The molecule has 0 saturated carbocycles. The Balaban J connectivity index is 1.83. The molecule has 0 aliphatic heterocycles. The van der Waals surface area contributed by atoms with Gasteiger partial charge < -0.3 is 10.1 Å². The highest BCUT2D eigenvalue weighted by Gasteiger charge is 2.08. The third-order valence-electron chi connectivity index (χ3n) is 3.31. The van der Waals surface area contributed by atoms with Gasteiger partial charge in [0.05, 0.1) is 7.11 Å². The number of halogens is 2. The molecule has 0 aliphatic rings. The number of nitrogens with one attached hydrogen (secondary N) is 1. The van der Waals surface area contributed by atoms with Crippen molar-refractivity contribution in [2.45, 2.75) is 19.4 Å². The number of carbonyl (C=O) groups excluding carboxylic acids is 1. The number of carbonyl (C=O) groups is 1. The van der Waals surface area contributed by atoms with Crippen molar-refractivity contribution in [2.75, 3.05) is 7.11 Å². The Morgan fingerprint density at radius 1 is 1.09 bits per heavy atom. The van der Waals surface area contributed by atoms with Crippen LogP contribution in [-0.2, 0) is 17.8 Å². The van der Waals surface area contributed by atoms with E-state index < -0.39 is 0 Å². The average Bonchev–Trinajstić information content (AvgIpc) is 2.53. The van der Waals surface area contributed by atoms with E-state index in [0.29, 0.717) is 29.4 Å². The molecule has 1 amide bonds. The van der Waals surface area contributed by atoms with E-state index in [1.54, 1.807) is 25.3 Å². The second kappa shape index (κ2) is 8.06. The molecule has 2 aromatic rings. The van der Waals surface area contributed by atoms with Gasteiger partial charge >= 0.3 is 0 Å². The number of rotatable bonds is 6. The van der Waals surface area contributed by atoms with Crippen LogP contribution in [0.3, 0.4) is 0 Å². The minimum absolute atomic E-state index is 0.0354. The molecule has 0 saturated heterocycles. The van der Waals surface area contributed by atoms with Crippen molar-refractivity contribution in [3.63, 3.8) is 0 Å². The van der Waals surface area contributed by atoms with Gasteiger partial charge in [0.15, 0.2) is 0 Å². The van der Waals surface area contributed by atoms with Gasteiger partial charge in [0.1, 0.15) is 5.75 Å². The van der Waals surface area contributed by atoms with E-state index in [4.69, 9.17) is 27.9 Å². The number of hydrogen-bond donors (Lipinski definition) is 1. The maximum Gasteiger partial charge on any atom is 0.220 e. The Morgan fingerprint density at radius 3 is 2.32 bits per heavy atom. The summed E-state index contributed by atoms with van der Waals surface area (Å²) < 4.78 is 5.09. The number of methoxy groups -OCH3 is 1. The van der Waals surface area contributed by atoms with Crippen LogP contribution in [0, 0.1) is 0 Å². The maximum absolute atomic E-state index is 11.9. The van der Waals surface area contributed by atoms with Crippen LogP contribution in [0.4, 0.5) is 0 Å². The first kappa shape index (κ1) is 16.7. The predicted molar refractivity (Wildman–Crippen MR) is 89.6 cm³/mol. The maximum atomic E-state index is 11.9. The molecule has 116 valence electrons. The van der Waals surface area contributed by atoms with Crippen molar-refractivity contribution < 1.29 is 9.53 Å². The largest absolute Gasteiger partial charge is 0.497 e. The Kier molecular flexibility index (Phi) is 6.10. The van der Waals surface area contributed by atoms with E-state index >= 15 is 0 Å². The third-order valence-corrected chi connectivity index (χ3v) is 4.02. The van der Waals surface area contributed by atoms with Gasteiger partial charge in [-0.1, -0.05) is 41.4 Å². The molecule has 2 rings (SSSR count). The number of amides is 1. The monoisotopic (exact) mass is 337 g/mol. The Bertz CT molecular complexity index is 621. The van der Waals surface area contributed by atoms with Crippen molar-refractivity contribution in [2.24, 2.45) is 0 Å². The van der Waals surface area contributed by atoms with Crippen molar-refractivity contribution in [1.82, 2.24) is 5.32 Å². The zero-order chi connectivity index (χ0) is 15.9. The minimum atomic E-state index is -0.0354. The molecule has 0 aliphatic carbocycles. The lowest BCUT2D eigenvalue weighted by atomic mass is 10.1. The highest BCUT2D eigenvalue weighted by molar-refractivity contribution is 6.36. The molecule has 3 nitrogen and oxygen atoms in total. The molecule has 2 aromatic carbocycles. The van der Waals surface area contributed by atoms with Gasteiger partial charge in [-0.15, -0.1) is 0 Å². The topological polar surface area (TPSA) is 38.3 Å². The van der Waals surface area contributed by atoms with Gasteiger partial charge in [-0.05, 0) is 41.8 Å². The Labute approximate surface area is 140 Å². The summed E-state index contributed by atoms with van der Waals surface area (Å²) in [7, 11) is 1.62. The lowest BCUT2D eigenvalue weighted by Gasteiger charge is -2.08. The fourth-order valence-corrected chi connectivity index (χ4v) is 2.63. The van der Waals surface area contributed by atoms with Crippen molar-refractivity contribution in [3.8, 4) is 5.75 Å². The third kappa shape index (κ3) is 4.65. The Morgan fingerprint density at radius 2 is 1.73 bits per heavy atom. The second-order valence-corrected chi connectivity index (χ2v) is 5.64. The molecule has 0 heterocycles. The van der Waals surface area contributed by atoms with Crippen LogP contribution >= 0.6 is 23.2 Å². The van der Waals surface area contributed by atoms with Crippen LogP contribution in [0.1, 0.15) is 17.5 Å². The molecule has 22 heavy (non-hydrogen) atoms. The summed E-state index contributed by atoms with van der Waals surface area (Å²) in [6.07, 6.45) is 0.868. The minimum Gasteiger partial charge on any atom is -0.497 e. The van der Waals surface area contributed by atoms with Crippen molar-refractivity contribution in [1.29, 1.82) is 0 Å². The summed E-state index contributed by atoms with van der Waals surface area (Å²) >= 11 is 12.2. The first-order valence-electron chi connectivity index (χ1n) is 6.92. The summed E-state index contributed by atoms with van der Waals surface area (Å²) in [5.41, 5.74) is 1.83. The molecule has 0 atom stereocenters. The van der Waals surface area contributed by atoms with E-state index in [9.17, 15) is 4.79 Å². The normalized spacial score (nSPS) is 10.3. The van der Waals surface area contributed by atoms with Crippen LogP contribution in [0.2, 0.25) is 10.0 Å². The second-order valence-electron chi connectivity index (χ2n) is 4.83. The van der Waals surface area contributed by atoms with Gasteiger partial charge in [-0.3, -0.25) is 4.79 Å². The molecule has 0 aromatic heterocycles. The smallest absolute Gasteiger partial charge is 0.220 e. The standard InChI is InChI=1S/C17H17Cl2NO2/c1-22-13-7-5-12(6-8-13)11-20-17(21)10-9-14-15(18)3-2-4-16(14)19/h2-8H,9-11H2,1H3,(H,20,21). The molecule has 0 radical (unpaired) electrons. The lowest BCUT2D eigenvalue weighted by Crippen LogP contribution is -2.23. The number of hydrogen-bond acceptors (Lipinski definition) is 2. The molecule has 0 unspecified atom stereocenters. The summed E-state index contributed by atoms with van der Waals surface area (Å²) in [6, 6.07) is 12.9.